The van der Waals surface area contributed by atoms with Crippen LogP contribution < -0.4 is 0 Å². The van der Waals surface area contributed by atoms with Crippen molar-refractivity contribution in [3.63, 3.8) is 0 Å². The van der Waals surface area contributed by atoms with Crippen molar-refractivity contribution in [2.45, 2.75) is 70.5 Å². The summed E-state index contributed by atoms with van der Waals surface area (Å²) in [6.07, 6.45) is 10.1. The Morgan fingerprint density at radius 2 is 1.79 bits per heavy atom. The highest BCUT2D eigenvalue weighted by molar-refractivity contribution is 5.25. The SMILES string of the molecule is CCCCC1(OCc2ccc(O)cc2)CCCCC1. The lowest BCUT2D eigenvalue weighted by molar-refractivity contribution is -0.0868. The fourth-order valence-corrected chi connectivity index (χ4v) is 2.99. The van der Waals surface area contributed by atoms with Gasteiger partial charge in [-0.2, -0.15) is 0 Å². The van der Waals surface area contributed by atoms with E-state index in [0.29, 0.717) is 12.4 Å². The molecule has 1 aliphatic carbocycles. The van der Waals surface area contributed by atoms with E-state index in [1.807, 2.05) is 12.1 Å². The Kier molecular flexibility index (Phi) is 5.26. The average Bonchev–Trinajstić information content (AvgIpc) is 2.46. The highest BCUT2D eigenvalue weighted by atomic mass is 16.5. The highest BCUT2D eigenvalue weighted by Gasteiger charge is 2.32. The Labute approximate surface area is 116 Å². The standard InChI is InChI=1S/C17H26O2/c1-2-3-11-17(12-5-4-6-13-17)19-14-15-7-9-16(18)10-8-15/h7-10,18H,2-6,11-14H2,1H3. The summed E-state index contributed by atoms with van der Waals surface area (Å²) in [5.41, 5.74) is 1.27. The zero-order valence-corrected chi connectivity index (χ0v) is 12.0. The van der Waals surface area contributed by atoms with E-state index in [1.54, 1.807) is 12.1 Å². The second-order valence-corrected chi connectivity index (χ2v) is 5.80. The maximum Gasteiger partial charge on any atom is 0.115 e. The molecule has 0 aliphatic heterocycles. The van der Waals surface area contributed by atoms with Gasteiger partial charge in [-0.25, -0.2) is 0 Å². The van der Waals surface area contributed by atoms with Crippen molar-refractivity contribution < 1.29 is 9.84 Å². The minimum Gasteiger partial charge on any atom is -0.508 e. The molecule has 1 saturated carbocycles. The van der Waals surface area contributed by atoms with Gasteiger partial charge in [-0.1, -0.05) is 51.2 Å². The van der Waals surface area contributed by atoms with Crippen molar-refractivity contribution in [1.82, 2.24) is 0 Å². The summed E-state index contributed by atoms with van der Waals surface area (Å²) >= 11 is 0. The van der Waals surface area contributed by atoms with Crippen molar-refractivity contribution in [1.29, 1.82) is 0 Å². The molecule has 1 aromatic carbocycles. The molecule has 2 heteroatoms. The molecule has 1 aliphatic rings. The molecule has 0 heterocycles. The van der Waals surface area contributed by atoms with Crippen LogP contribution in [-0.4, -0.2) is 10.7 Å². The van der Waals surface area contributed by atoms with Gasteiger partial charge in [0.25, 0.3) is 0 Å². The normalized spacial score (nSPS) is 18.4. The van der Waals surface area contributed by atoms with Gasteiger partial charge in [0.05, 0.1) is 12.2 Å². The fraction of sp³-hybridized carbons (Fsp3) is 0.647. The van der Waals surface area contributed by atoms with Crippen molar-refractivity contribution in [2.75, 3.05) is 0 Å². The zero-order chi connectivity index (χ0) is 13.6. The van der Waals surface area contributed by atoms with Crippen molar-refractivity contribution in [3.8, 4) is 5.75 Å². The quantitative estimate of drug-likeness (QED) is 0.797. The average molecular weight is 262 g/mol. The number of benzene rings is 1. The lowest BCUT2D eigenvalue weighted by atomic mass is 9.81. The lowest BCUT2D eigenvalue weighted by Gasteiger charge is -2.37. The van der Waals surface area contributed by atoms with Crippen LogP contribution in [-0.2, 0) is 11.3 Å². The van der Waals surface area contributed by atoms with Crippen LogP contribution in [0.3, 0.4) is 0 Å². The minimum absolute atomic E-state index is 0.117. The number of phenols is 1. The Bertz CT molecular complexity index is 363. The van der Waals surface area contributed by atoms with Crippen molar-refractivity contribution >= 4 is 0 Å². The molecule has 106 valence electrons. The van der Waals surface area contributed by atoms with Gasteiger partial charge in [-0.15, -0.1) is 0 Å². The summed E-state index contributed by atoms with van der Waals surface area (Å²) in [6, 6.07) is 7.37. The van der Waals surface area contributed by atoms with E-state index in [-0.39, 0.29) is 5.60 Å². The molecule has 2 rings (SSSR count). The van der Waals surface area contributed by atoms with Crippen LogP contribution >= 0.6 is 0 Å². The molecule has 0 atom stereocenters. The second kappa shape index (κ2) is 6.95. The lowest BCUT2D eigenvalue weighted by Crippen LogP contribution is -2.34. The molecule has 0 saturated heterocycles. The van der Waals surface area contributed by atoms with E-state index in [9.17, 15) is 5.11 Å². The summed E-state index contributed by atoms with van der Waals surface area (Å²) in [4.78, 5) is 0. The molecule has 19 heavy (non-hydrogen) atoms. The zero-order valence-electron chi connectivity index (χ0n) is 12.0. The van der Waals surface area contributed by atoms with Gasteiger partial charge in [0.15, 0.2) is 0 Å². The summed E-state index contributed by atoms with van der Waals surface area (Å²) < 4.78 is 6.32. The van der Waals surface area contributed by atoms with E-state index in [0.717, 1.165) is 5.56 Å². The number of aromatic hydroxyl groups is 1. The Morgan fingerprint density at radius 1 is 1.11 bits per heavy atom. The van der Waals surface area contributed by atoms with Crippen LogP contribution in [0.4, 0.5) is 0 Å². The van der Waals surface area contributed by atoms with E-state index in [4.69, 9.17) is 4.74 Å². The van der Waals surface area contributed by atoms with E-state index in [2.05, 4.69) is 6.92 Å². The first-order chi connectivity index (χ1) is 9.24. The number of ether oxygens (including phenoxy) is 1. The van der Waals surface area contributed by atoms with E-state index in [1.165, 1.54) is 51.4 Å². The predicted octanol–water partition coefficient (Wildman–Crippen LogP) is 4.80. The molecule has 0 spiro atoms. The van der Waals surface area contributed by atoms with Crippen LogP contribution in [0, 0.1) is 0 Å². The smallest absolute Gasteiger partial charge is 0.115 e. The predicted molar refractivity (Wildman–Crippen MR) is 78.2 cm³/mol. The summed E-state index contributed by atoms with van der Waals surface area (Å²) in [7, 11) is 0. The largest absolute Gasteiger partial charge is 0.508 e. The molecule has 2 nitrogen and oxygen atoms in total. The molecule has 0 amide bonds. The van der Waals surface area contributed by atoms with E-state index >= 15 is 0 Å². The van der Waals surface area contributed by atoms with Crippen molar-refractivity contribution in [3.05, 3.63) is 29.8 Å². The molecule has 0 bridgehead atoms. The third-order valence-corrected chi connectivity index (χ3v) is 4.23. The number of unbranched alkanes of at least 4 members (excludes halogenated alkanes) is 1. The highest BCUT2D eigenvalue weighted by Crippen LogP contribution is 2.36. The van der Waals surface area contributed by atoms with Crippen LogP contribution in [0.15, 0.2) is 24.3 Å². The van der Waals surface area contributed by atoms with Gasteiger partial charge in [-0.3, -0.25) is 0 Å². The first-order valence-electron chi connectivity index (χ1n) is 7.66. The number of hydrogen-bond donors (Lipinski definition) is 1. The monoisotopic (exact) mass is 262 g/mol. The maximum absolute atomic E-state index is 9.30. The summed E-state index contributed by atoms with van der Waals surface area (Å²) in [5.74, 6) is 0.321. The van der Waals surface area contributed by atoms with Gasteiger partial charge in [0, 0.05) is 0 Å². The van der Waals surface area contributed by atoms with Crippen molar-refractivity contribution in [2.24, 2.45) is 0 Å². The molecule has 0 aromatic heterocycles. The second-order valence-electron chi connectivity index (χ2n) is 5.80. The number of rotatable bonds is 6. The van der Waals surface area contributed by atoms with Crippen LogP contribution in [0.2, 0.25) is 0 Å². The first-order valence-corrected chi connectivity index (χ1v) is 7.66. The third-order valence-electron chi connectivity index (χ3n) is 4.23. The Morgan fingerprint density at radius 3 is 2.42 bits per heavy atom. The molecule has 1 fully saturated rings. The van der Waals surface area contributed by atoms with Crippen LogP contribution in [0.5, 0.6) is 5.75 Å². The van der Waals surface area contributed by atoms with E-state index < -0.39 is 0 Å². The fourth-order valence-electron chi connectivity index (χ4n) is 2.99. The minimum atomic E-state index is 0.117. The molecule has 1 aromatic rings. The third kappa shape index (κ3) is 4.24. The topological polar surface area (TPSA) is 29.5 Å². The molecular formula is C17H26O2. The summed E-state index contributed by atoms with van der Waals surface area (Å²) in [5, 5.41) is 9.30. The molecule has 0 radical (unpaired) electrons. The molecular weight excluding hydrogens is 236 g/mol. The Hall–Kier alpha value is -1.02. The van der Waals surface area contributed by atoms with Crippen LogP contribution in [0.1, 0.15) is 63.9 Å². The maximum atomic E-state index is 9.30. The molecule has 1 N–H and O–H groups in total. The van der Waals surface area contributed by atoms with Gasteiger partial charge < -0.3 is 9.84 Å². The first kappa shape index (κ1) is 14.4. The number of hydrogen-bond acceptors (Lipinski definition) is 2. The summed E-state index contributed by atoms with van der Waals surface area (Å²) in [6.45, 7) is 2.92. The van der Waals surface area contributed by atoms with Gasteiger partial charge in [0.2, 0.25) is 0 Å². The Balaban J connectivity index is 1.93. The van der Waals surface area contributed by atoms with Gasteiger partial charge in [0.1, 0.15) is 5.75 Å². The van der Waals surface area contributed by atoms with Gasteiger partial charge >= 0.3 is 0 Å². The molecule has 0 unspecified atom stereocenters. The van der Waals surface area contributed by atoms with Crippen LogP contribution in [0.25, 0.3) is 0 Å². The number of phenolic OH excluding ortho intramolecular Hbond substituents is 1. The van der Waals surface area contributed by atoms with Gasteiger partial charge in [-0.05, 0) is 37.0 Å².